The van der Waals surface area contributed by atoms with Crippen molar-refractivity contribution in [2.45, 2.75) is 13.0 Å². The van der Waals surface area contributed by atoms with Crippen LogP contribution in [0, 0.1) is 17.8 Å². The van der Waals surface area contributed by atoms with Crippen LogP contribution in [0.15, 0.2) is 48.9 Å². The second kappa shape index (κ2) is 8.55. The lowest BCUT2D eigenvalue weighted by Crippen LogP contribution is -2.26. The number of amides is 1. The third-order valence-corrected chi connectivity index (χ3v) is 5.55. The molecule has 0 bridgehead atoms. The Labute approximate surface area is 167 Å². The number of anilines is 1. The Bertz CT molecular complexity index is 866. The van der Waals surface area contributed by atoms with Crippen LogP contribution in [0.5, 0.6) is 5.88 Å². The zero-order valence-electron chi connectivity index (χ0n) is 15.7. The smallest absolute Gasteiger partial charge is 0.388 e. The quantitative estimate of drug-likeness (QED) is 0.690. The van der Waals surface area contributed by atoms with Crippen LogP contribution in [0.1, 0.15) is 12.0 Å². The van der Waals surface area contributed by atoms with Crippen LogP contribution in [0.4, 0.5) is 14.5 Å². The first-order valence-electron chi connectivity index (χ1n) is 9.62. The molecule has 3 heterocycles. The fourth-order valence-corrected chi connectivity index (χ4v) is 4.11. The van der Waals surface area contributed by atoms with Gasteiger partial charge >= 0.3 is 6.61 Å². The number of alkyl halides is 2. The highest BCUT2D eigenvalue weighted by Crippen LogP contribution is 2.54. The molecule has 1 aliphatic carbocycles. The Morgan fingerprint density at radius 2 is 2.14 bits per heavy atom. The van der Waals surface area contributed by atoms with E-state index in [1.165, 1.54) is 12.3 Å². The summed E-state index contributed by atoms with van der Waals surface area (Å²) < 4.78 is 29.1. The molecule has 0 aromatic carbocycles. The van der Waals surface area contributed by atoms with Crippen LogP contribution in [-0.4, -0.2) is 42.1 Å². The Balaban J connectivity index is 1.18. The van der Waals surface area contributed by atoms with Crippen LogP contribution < -0.4 is 15.0 Å². The lowest BCUT2D eigenvalue weighted by molar-refractivity contribution is -0.116. The van der Waals surface area contributed by atoms with Crippen LogP contribution in [-0.2, 0) is 4.79 Å². The van der Waals surface area contributed by atoms with E-state index in [2.05, 4.69) is 24.9 Å². The van der Waals surface area contributed by atoms with E-state index in [-0.39, 0.29) is 11.8 Å². The molecule has 8 heteroatoms. The molecule has 1 aliphatic heterocycles. The molecule has 2 aromatic heterocycles. The van der Waals surface area contributed by atoms with Gasteiger partial charge in [0.05, 0.1) is 0 Å². The molecule has 2 fully saturated rings. The second-order valence-corrected chi connectivity index (χ2v) is 7.33. The molecule has 1 amide bonds. The summed E-state index contributed by atoms with van der Waals surface area (Å²) in [6.07, 6.45) is 9.10. The third kappa shape index (κ3) is 4.88. The van der Waals surface area contributed by atoms with Crippen LogP contribution in [0.25, 0.3) is 6.08 Å². The van der Waals surface area contributed by atoms with Crippen molar-refractivity contribution < 1.29 is 18.3 Å². The summed E-state index contributed by atoms with van der Waals surface area (Å²) in [5, 5.41) is 2.93. The number of hydrogen-bond donors (Lipinski definition) is 1. The molecular weight excluding hydrogens is 378 g/mol. The standard InChI is InChI=1S/C21H22F2N4O2/c22-21(23)29-20-10-15(5-8-26-20)27-12-17-16(18(17)13-27)6-9-25-19(28)4-3-14-2-1-7-24-11-14/h1-5,7-8,10-11,16-18,21H,6,9,12-13H2,(H,25,28)/b4-3+. The number of piperidine rings is 1. The highest BCUT2D eigenvalue weighted by molar-refractivity contribution is 5.91. The minimum absolute atomic E-state index is 0.0586. The van der Waals surface area contributed by atoms with E-state index in [4.69, 9.17) is 0 Å². The van der Waals surface area contributed by atoms with E-state index in [1.807, 2.05) is 18.2 Å². The van der Waals surface area contributed by atoms with E-state index in [1.54, 1.807) is 24.5 Å². The summed E-state index contributed by atoms with van der Waals surface area (Å²) >= 11 is 0. The van der Waals surface area contributed by atoms with Gasteiger partial charge in [-0.05, 0) is 47.9 Å². The van der Waals surface area contributed by atoms with Gasteiger partial charge in [0, 0.05) is 56.1 Å². The number of nitrogens with one attached hydrogen (secondary N) is 1. The minimum Gasteiger partial charge on any atom is -0.417 e. The monoisotopic (exact) mass is 400 g/mol. The van der Waals surface area contributed by atoms with Crippen molar-refractivity contribution in [2.75, 3.05) is 24.5 Å². The topological polar surface area (TPSA) is 67.4 Å². The van der Waals surface area contributed by atoms with Crippen LogP contribution in [0.2, 0.25) is 0 Å². The summed E-state index contributed by atoms with van der Waals surface area (Å²) in [5.74, 6) is 1.62. The highest BCUT2D eigenvalue weighted by atomic mass is 19.3. The average Bonchev–Trinajstić information content (AvgIpc) is 3.16. The molecule has 1 saturated carbocycles. The van der Waals surface area contributed by atoms with Crippen molar-refractivity contribution >= 4 is 17.7 Å². The maximum atomic E-state index is 12.3. The summed E-state index contributed by atoms with van der Waals surface area (Å²) in [4.78, 5) is 21.9. The highest BCUT2D eigenvalue weighted by Gasteiger charge is 2.54. The molecule has 1 N–H and O–H groups in total. The molecule has 6 nitrogen and oxygen atoms in total. The number of carbonyl (C=O) groups is 1. The predicted molar refractivity (Wildman–Crippen MR) is 104 cm³/mol. The third-order valence-electron chi connectivity index (χ3n) is 5.55. The van der Waals surface area contributed by atoms with Crippen molar-refractivity contribution in [3.05, 3.63) is 54.5 Å². The van der Waals surface area contributed by atoms with Crippen LogP contribution in [0.3, 0.4) is 0 Å². The minimum atomic E-state index is -2.87. The maximum absolute atomic E-state index is 12.3. The Hall–Kier alpha value is -3.03. The summed E-state index contributed by atoms with van der Waals surface area (Å²) in [7, 11) is 0. The first-order chi connectivity index (χ1) is 14.1. The predicted octanol–water partition coefficient (Wildman–Crippen LogP) is 2.98. The van der Waals surface area contributed by atoms with Gasteiger partial charge in [-0.2, -0.15) is 8.78 Å². The Kier molecular flexibility index (Phi) is 5.69. The lowest BCUT2D eigenvalue weighted by Gasteiger charge is -2.22. The fraction of sp³-hybridized carbons (Fsp3) is 0.381. The SMILES string of the molecule is O=C(/C=C/c1cccnc1)NCCC1C2CN(c3ccnc(OC(F)F)c3)CC12. The number of nitrogens with zero attached hydrogens (tertiary/aromatic N) is 3. The number of carbonyl (C=O) groups excluding carboxylic acids is 1. The van der Waals surface area contributed by atoms with Gasteiger partial charge in [-0.25, -0.2) is 4.98 Å². The number of pyridine rings is 2. The largest absolute Gasteiger partial charge is 0.417 e. The molecule has 152 valence electrons. The van der Waals surface area contributed by atoms with E-state index >= 15 is 0 Å². The Morgan fingerprint density at radius 3 is 2.86 bits per heavy atom. The Morgan fingerprint density at radius 1 is 1.31 bits per heavy atom. The second-order valence-electron chi connectivity index (χ2n) is 7.33. The van der Waals surface area contributed by atoms with Crippen molar-refractivity contribution in [2.24, 2.45) is 17.8 Å². The van der Waals surface area contributed by atoms with Gasteiger partial charge in [0.15, 0.2) is 0 Å². The van der Waals surface area contributed by atoms with E-state index < -0.39 is 6.61 Å². The van der Waals surface area contributed by atoms with E-state index in [0.717, 1.165) is 30.8 Å². The number of rotatable bonds is 8. The van der Waals surface area contributed by atoms with Crippen molar-refractivity contribution in [1.29, 1.82) is 0 Å². The van der Waals surface area contributed by atoms with Gasteiger partial charge in [-0.3, -0.25) is 9.78 Å². The fourth-order valence-electron chi connectivity index (χ4n) is 4.11. The first-order valence-corrected chi connectivity index (χ1v) is 9.62. The van der Waals surface area contributed by atoms with Gasteiger partial charge in [0.2, 0.25) is 11.8 Å². The molecular formula is C21H22F2N4O2. The van der Waals surface area contributed by atoms with Crippen molar-refractivity contribution in [3.8, 4) is 5.88 Å². The van der Waals surface area contributed by atoms with Gasteiger partial charge in [-0.15, -0.1) is 0 Å². The number of aromatic nitrogens is 2. The molecule has 2 unspecified atom stereocenters. The normalized spacial score (nSPS) is 22.7. The molecule has 1 saturated heterocycles. The van der Waals surface area contributed by atoms with Crippen LogP contribution >= 0.6 is 0 Å². The molecule has 4 rings (SSSR count). The van der Waals surface area contributed by atoms with Gasteiger partial charge in [-0.1, -0.05) is 6.07 Å². The van der Waals surface area contributed by atoms with Gasteiger partial charge in [0.25, 0.3) is 0 Å². The number of fused-ring (bicyclic) bond motifs is 1. The zero-order chi connectivity index (χ0) is 20.2. The van der Waals surface area contributed by atoms with E-state index in [9.17, 15) is 13.6 Å². The molecule has 0 radical (unpaired) electrons. The van der Waals surface area contributed by atoms with E-state index in [0.29, 0.717) is 24.3 Å². The summed E-state index contributed by atoms with van der Waals surface area (Å²) in [6.45, 7) is -0.441. The number of hydrogen-bond acceptors (Lipinski definition) is 5. The molecule has 2 aliphatic rings. The number of ether oxygens (including phenoxy) is 1. The van der Waals surface area contributed by atoms with Crippen molar-refractivity contribution in [3.63, 3.8) is 0 Å². The summed E-state index contributed by atoms with van der Waals surface area (Å²) in [5.41, 5.74) is 1.74. The molecule has 2 aromatic rings. The zero-order valence-corrected chi connectivity index (χ0v) is 15.7. The molecule has 29 heavy (non-hydrogen) atoms. The number of halogens is 2. The molecule has 2 atom stereocenters. The maximum Gasteiger partial charge on any atom is 0.388 e. The summed E-state index contributed by atoms with van der Waals surface area (Å²) in [6, 6.07) is 7.08. The first kappa shape index (κ1) is 19.3. The van der Waals surface area contributed by atoms with Crippen molar-refractivity contribution in [1.82, 2.24) is 15.3 Å². The van der Waals surface area contributed by atoms with Gasteiger partial charge < -0.3 is 15.0 Å². The lowest BCUT2D eigenvalue weighted by atomic mass is 10.2. The average molecular weight is 400 g/mol. The molecule has 0 spiro atoms. The van der Waals surface area contributed by atoms with Gasteiger partial charge in [0.1, 0.15) is 0 Å².